The summed E-state index contributed by atoms with van der Waals surface area (Å²) >= 11 is 0. The van der Waals surface area contributed by atoms with Crippen molar-refractivity contribution in [3.8, 4) is 5.69 Å². The summed E-state index contributed by atoms with van der Waals surface area (Å²) in [6.45, 7) is 1.64. The van der Waals surface area contributed by atoms with Gasteiger partial charge in [0, 0.05) is 20.2 Å². The largest absolute Gasteiger partial charge is 0.431 e. The molecular weight excluding hydrogens is 478 g/mol. The van der Waals surface area contributed by atoms with E-state index in [0.29, 0.717) is 11.4 Å². The Labute approximate surface area is 199 Å². The molecule has 0 amide bonds. The number of para-hydroxylation sites is 1. The highest BCUT2D eigenvalue weighted by Gasteiger charge is 2.36. The lowest BCUT2D eigenvalue weighted by Gasteiger charge is -2.25. The van der Waals surface area contributed by atoms with Crippen LogP contribution in [-0.2, 0) is 17.2 Å². The molecule has 3 aromatic heterocycles. The smallest absolute Gasteiger partial charge is 0.342 e. The van der Waals surface area contributed by atoms with Crippen molar-refractivity contribution in [2.75, 3.05) is 11.9 Å². The molecule has 4 rings (SSSR count). The number of hydrogen-bond donors (Lipinski definition) is 1. The molecule has 184 valence electrons. The normalized spacial score (nSPS) is 11.9. The highest BCUT2D eigenvalue weighted by atomic mass is 32.2. The van der Waals surface area contributed by atoms with E-state index in [1.807, 2.05) is 0 Å². The Hall–Kier alpha value is -4.16. The Bertz CT molecular complexity index is 1570. The minimum Gasteiger partial charge on any atom is -0.431 e. The summed E-state index contributed by atoms with van der Waals surface area (Å²) in [5, 5.41) is -1.80. The van der Waals surface area contributed by atoms with Gasteiger partial charge in [0.1, 0.15) is 5.69 Å². The van der Waals surface area contributed by atoms with Crippen molar-refractivity contribution < 1.29 is 21.8 Å². The maximum absolute atomic E-state index is 13.1. The third-order valence-electron chi connectivity index (χ3n) is 5.15. The van der Waals surface area contributed by atoms with Gasteiger partial charge in [-0.2, -0.15) is 8.42 Å². The molecule has 0 saturated heterocycles. The fourth-order valence-corrected chi connectivity index (χ4v) is 4.54. The quantitative estimate of drug-likeness (QED) is 0.406. The summed E-state index contributed by atoms with van der Waals surface area (Å²) in [6, 6.07) is 16.0. The molecule has 1 aromatic carbocycles. The Morgan fingerprint density at radius 2 is 1.54 bits per heavy atom. The molecule has 12 heteroatoms. The summed E-state index contributed by atoms with van der Waals surface area (Å²) in [5.74, 6) is 0. The second kappa shape index (κ2) is 10.4. The van der Waals surface area contributed by atoms with Crippen molar-refractivity contribution in [2.24, 2.45) is 7.05 Å². The SMILES string of the molecule is Cc1c(N(C)C(c2cccoc2=O)S(=O)(=O)O)c(=O)n(-c2ccccc2)n1C.O=c1cccco1. The van der Waals surface area contributed by atoms with Gasteiger partial charge in [0.25, 0.3) is 15.7 Å². The predicted octanol–water partition coefficient (Wildman–Crippen LogP) is 2.10. The summed E-state index contributed by atoms with van der Waals surface area (Å²) in [4.78, 5) is 36.3. The van der Waals surface area contributed by atoms with E-state index >= 15 is 0 Å². The van der Waals surface area contributed by atoms with Gasteiger partial charge in [0.2, 0.25) is 0 Å². The summed E-state index contributed by atoms with van der Waals surface area (Å²) < 4.78 is 46.0. The zero-order chi connectivity index (χ0) is 25.8. The van der Waals surface area contributed by atoms with Gasteiger partial charge in [-0.1, -0.05) is 24.3 Å². The zero-order valence-corrected chi connectivity index (χ0v) is 19.9. The summed E-state index contributed by atoms with van der Waals surface area (Å²) in [7, 11) is -1.80. The highest BCUT2D eigenvalue weighted by Crippen LogP contribution is 2.29. The number of hydrogen-bond acceptors (Lipinski definition) is 8. The van der Waals surface area contributed by atoms with Crippen LogP contribution in [0.15, 0.2) is 96.4 Å². The van der Waals surface area contributed by atoms with Crippen LogP contribution in [0.5, 0.6) is 0 Å². The molecule has 0 saturated carbocycles. The van der Waals surface area contributed by atoms with Gasteiger partial charge in [0.05, 0.1) is 29.5 Å². The number of rotatable bonds is 5. The van der Waals surface area contributed by atoms with Crippen LogP contribution >= 0.6 is 0 Å². The first-order chi connectivity index (χ1) is 16.5. The van der Waals surface area contributed by atoms with Gasteiger partial charge in [-0.25, -0.2) is 14.3 Å². The Kier molecular flexibility index (Phi) is 7.57. The average molecular weight is 502 g/mol. The van der Waals surface area contributed by atoms with Gasteiger partial charge in [0.15, 0.2) is 5.37 Å². The van der Waals surface area contributed by atoms with Crippen LogP contribution in [0.4, 0.5) is 5.69 Å². The molecule has 3 heterocycles. The van der Waals surface area contributed by atoms with Crippen molar-refractivity contribution in [3.05, 3.63) is 116 Å². The first-order valence-electron chi connectivity index (χ1n) is 10.2. The molecule has 4 aromatic rings. The molecule has 0 bridgehead atoms. The minimum atomic E-state index is -4.78. The van der Waals surface area contributed by atoms with Crippen molar-refractivity contribution in [1.82, 2.24) is 9.36 Å². The standard InChI is InChI=1S/C18H19N3O6S.C5H4O2/c1-12-15(16(22)21(20(12)3)13-8-5-4-6-9-13)19(2)17(28(24,25)26)14-10-7-11-27-18(14)23;6-5-3-1-2-4-7-5/h4-11,17H,1-3H3,(H,24,25,26);1-4H. The van der Waals surface area contributed by atoms with E-state index in [2.05, 4.69) is 4.42 Å². The van der Waals surface area contributed by atoms with Crippen molar-refractivity contribution in [1.29, 1.82) is 0 Å². The number of nitrogens with zero attached hydrogens (tertiary/aromatic N) is 3. The van der Waals surface area contributed by atoms with Gasteiger partial charge < -0.3 is 13.7 Å². The third-order valence-corrected chi connectivity index (χ3v) is 6.28. The molecule has 1 N–H and O–H groups in total. The first-order valence-corrected chi connectivity index (χ1v) is 11.7. The summed E-state index contributed by atoms with van der Waals surface area (Å²) in [5.41, 5.74) is -0.969. The van der Waals surface area contributed by atoms with Crippen LogP contribution in [0, 0.1) is 6.92 Å². The van der Waals surface area contributed by atoms with Gasteiger partial charge in [-0.15, -0.1) is 0 Å². The van der Waals surface area contributed by atoms with E-state index in [4.69, 9.17) is 4.42 Å². The van der Waals surface area contributed by atoms with E-state index in [1.165, 1.54) is 36.2 Å². The number of anilines is 1. The molecule has 35 heavy (non-hydrogen) atoms. The lowest BCUT2D eigenvalue weighted by molar-refractivity contribution is 0.457. The second-order valence-electron chi connectivity index (χ2n) is 7.37. The van der Waals surface area contributed by atoms with Crippen molar-refractivity contribution >= 4 is 15.8 Å². The Morgan fingerprint density at radius 1 is 0.914 bits per heavy atom. The van der Waals surface area contributed by atoms with Crippen molar-refractivity contribution in [2.45, 2.75) is 12.3 Å². The maximum atomic E-state index is 13.1. The maximum Gasteiger partial charge on any atom is 0.342 e. The van der Waals surface area contributed by atoms with Crippen LogP contribution in [0.2, 0.25) is 0 Å². The fourth-order valence-electron chi connectivity index (χ4n) is 3.53. The minimum absolute atomic E-state index is 0.0252. The molecule has 0 aliphatic rings. The van der Waals surface area contributed by atoms with E-state index in [1.54, 1.807) is 61.1 Å². The molecule has 0 fully saturated rings. The van der Waals surface area contributed by atoms with E-state index in [0.717, 1.165) is 11.2 Å². The van der Waals surface area contributed by atoms with E-state index in [-0.39, 0.29) is 16.9 Å². The number of aromatic nitrogens is 2. The molecule has 0 radical (unpaired) electrons. The second-order valence-corrected chi connectivity index (χ2v) is 8.85. The van der Waals surface area contributed by atoms with Gasteiger partial charge in [-0.05, 0) is 37.3 Å². The van der Waals surface area contributed by atoms with Crippen LogP contribution in [0.1, 0.15) is 16.6 Å². The molecule has 11 nitrogen and oxygen atoms in total. The lowest BCUT2D eigenvalue weighted by atomic mass is 10.2. The van der Waals surface area contributed by atoms with Crippen LogP contribution < -0.4 is 21.7 Å². The molecule has 0 spiro atoms. The molecule has 0 aliphatic carbocycles. The third kappa shape index (κ3) is 5.50. The van der Waals surface area contributed by atoms with Gasteiger partial charge >= 0.3 is 11.3 Å². The van der Waals surface area contributed by atoms with Crippen LogP contribution in [0.25, 0.3) is 5.69 Å². The number of benzene rings is 1. The molecular formula is C23H23N3O8S. The fraction of sp³-hybridized carbons (Fsp3) is 0.174. The van der Waals surface area contributed by atoms with Crippen LogP contribution in [-0.4, -0.2) is 29.4 Å². The monoisotopic (exact) mass is 501 g/mol. The van der Waals surface area contributed by atoms with Gasteiger partial charge in [-0.3, -0.25) is 14.0 Å². The molecule has 0 aliphatic heterocycles. The van der Waals surface area contributed by atoms with E-state index in [9.17, 15) is 27.4 Å². The summed E-state index contributed by atoms with van der Waals surface area (Å²) in [6.07, 6.45) is 2.45. The topological polar surface area (TPSA) is 145 Å². The zero-order valence-electron chi connectivity index (χ0n) is 19.1. The van der Waals surface area contributed by atoms with E-state index < -0.39 is 26.7 Å². The lowest BCUT2D eigenvalue weighted by Crippen LogP contribution is -2.36. The Balaban J connectivity index is 0.000000420. The van der Waals surface area contributed by atoms with Crippen LogP contribution in [0.3, 0.4) is 0 Å². The Morgan fingerprint density at radius 3 is 2.06 bits per heavy atom. The molecule has 1 unspecified atom stereocenters. The van der Waals surface area contributed by atoms with Crippen molar-refractivity contribution in [3.63, 3.8) is 0 Å². The first kappa shape index (κ1) is 25.5. The highest BCUT2D eigenvalue weighted by molar-refractivity contribution is 7.86. The predicted molar refractivity (Wildman–Crippen MR) is 128 cm³/mol. The average Bonchev–Trinajstić information content (AvgIpc) is 3.04. The molecule has 1 atom stereocenters.